The molecule has 146 valence electrons. The maximum Gasteiger partial charge on any atom is 0.191 e. The van der Waals surface area contributed by atoms with E-state index in [2.05, 4.69) is 15.6 Å². The van der Waals surface area contributed by atoms with Crippen LogP contribution in [0.1, 0.15) is 24.2 Å². The van der Waals surface area contributed by atoms with E-state index in [9.17, 15) is 5.11 Å². The average molecular weight is 371 g/mol. The number of aliphatic hydroxyl groups excluding tert-OH is 1. The van der Waals surface area contributed by atoms with Crippen molar-refractivity contribution in [2.24, 2.45) is 4.99 Å². The molecule has 2 aromatic rings. The highest BCUT2D eigenvalue weighted by atomic mass is 16.5. The number of methoxy groups -OCH3 is 1. The summed E-state index contributed by atoms with van der Waals surface area (Å²) in [4.78, 5) is 4.45. The summed E-state index contributed by atoms with van der Waals surface area (Å²) in [6.45, 7) is 6.18. The lowest BCUT2D eigenvalue weighted by Crippen LogP contribution is -2.39. The smallest absolute Gasteiger partial charge is 0.191 e. The second-order valence-corrected chi connectivity index (χ2v) is 6.10. The number of benzene rings is 2. The van der Waals surface area contributed by atoms with Gasteiger partial charge in [0.15, 0.2) is 5.96 Å². The van der Waals surface area contributed by atoms with Crippen molar-refractivity contribution in [1.82, 2.24) is 10.6 Å². The summed E-state index contributed by atoms with van der Waals surface area (Å²) in [5.41, 5.74) is 2.01. The van der Waals surface area contributed by atoms with Gasteiger partial charge in [-0.05, 0) is 43.7 Å². The van der Waals surface area contributed by atoms with Crippen molar-refractivity contribution in [2.75, 3.05) is 33.4 Å². The van der Waals surface area contributed by atoms with Crippen molar-refractivity contribution in [2.45, 2.75) is 20.0 Å². The molecule has 6 nitrogen and oxygen atoms in total. The fourth-order valence-corrected chi connectivity index (χ4v) is 2.42. The fourth-order valence-electron chi connectivity index (χ4n) is 2.42. The van der Waals surface area contributed by atoms with Crippen LogP contribution in [0, 0.1) is 6.92 Å². The van der Waals surface area contributed by atoms with Gasteiger partial charge < -0.3 is 25.2 Å². The molecule has 0 bridgehead atoms. The third kappa shape index (κ3) is 7.19. The average Bonchev–Trinajstić information content (AvgIpc) is 2.70. The first-order valence-electron chi connectivity index (χ1n) is 9.16. The molecule has 0 heterocycles. The summed E-state index contributed by atoms with van der Waals surface area (Å²) in [7, 11) is 1.62. The number of aryl methyl sites for hydroxylation is 1. The number of nitrogens with zero attached hydrogens (tertiary/aromatic N) is 1. The van der Waals surface area contributed by atoms with Gasteiger partial charge in [-0.25, -0.2) is 0 Å². The van der Waals surface area contributed by atoms with E-state index in [0.717, 1.165) is 23.6 Å². The third-order valence-electron chi connectivity index (χ3n) is 3.95. The molecule has 0 fully saturated rings. The van der Waals surface area contributed by atoms with Crippen LogP contribution in [-0.4, -0.2) is 44.4 Å². The highest BCUT2D eigenvalue weighted by Crippen LogP contribution is 2.17. The second kappa shape index (κ2) is 11.1. The van der Waals surface area contributed by atoms with E-state index in [4.69, 9.17) is 9.47 Å². The van der Waals surface area contributed by atoms with Gasteiger partial charge in [-0.2, -0.15) is 0 Å². The highest BCUT2D eigenvalue weighted by molar-refractivity contribution is 5.79. The normalized spacial score (nSPS) is 12.4. The van der Waals surface area contributed by atoms with E-state index < -0.39 is 6.10 Å². The molecule has 0 saturated carbocycles. The van der Waals surface area contributed by atoms with E-state index in [1.54, 1.807) is 7.11 Å². The number of ether oxygens (including phenoxy) is 2. The lowest BCUT2D eigenvalue weighted by molar-refractivity contribution is 0.187. The van der Waals surface area contributed by atoms with Crippen molar-refractivity contribution in [1.29, 1.82) is 0 Å². The van der Waals surface area contributed by atoms with E-state index >= 15 is 0 Å². The summed E-state index contributed by atoms with van der Waals surface area (Å²) in [5, 5.41) is 16.7. The largest absolute Gasteiger partial charge is 0.497 e. The molecule has 0 aliphatic carbocycles. The van der Waals surface area contributed by atoms with Crippen LogP contribution in [-0.2, 0) is 0 Å². The number of rotatable bonds is 9. The Morgan fingerprint density at radius 3 is 2.33 bits per heavy atom. The minimum atomic E-state index is -0.671. The van der Waals surface area contributed by atoms with Gasteiger partial charge in [-0.15, -0.1) is 0 Å². The molecule has 0 aliphatic heterocycles. The van der Waals surface area contributed by atoms with Crippen LogP contribution in [0.25, 0.3) is 0 Å². The zero-order valence-corrected chi connectivity index (χ0v) is 16.2. The van der Waals surface area contributed by atoms with E-state index in [-0.39, 0.29) is 6.54 Å². The van der Waals surface area contributed by atoms with Gasteiger partial charge in [-0.1, -0.05) is 29.8 Å². The van der Waals surface area contributed by atoms with Crippen LogP contribution in [0.15, 0.2) is 53.5 Å². The first-order valence-corrected chi connectivity index (χ1v) is 9.16. The number of hydrogen-bond donors (Lipinski definition) is 3. The van der Waals surface area contributed by atoms with Crippen molar-refractivity contribution < 1.29 is 14.6 Å². The standard InChI is InChI=1S/C21H29N3O3/c1-4-22-21(23-13-14-27-19-9-5-16(2)6-10-19)24-15-20(25)17-7-11-18(26-3)12-8-17/h5-12,20,25H,4,13-15H2,1-3H3,(H2,22,23,24). The Morgan fingerprint density at radius 1 is 1.04 bits per heavy atom. The van der Waals surface area contributed by atoms with E-state index in [0.29, 0.717) is 19.1 Å². The van der Waals surface area contributed by atoms with Crippen LogP contribution in [0.4, 0.5) is 0 Å². The molecule has 0 spiro atoms. The third-order valence-corrected chi connectivity index (χ3v) is 3.95. The summed E-state index contributed by atoms with van der Waals surface area (Å²) >= 11 is 0. The monoisotopic (exact) mass is 371 g/mol. The van der Waals surface area contributed by atoms with Crippen LogP contribution < -0.4 is 20.1 Å². The predicted octanol–water partition coefficient (Wildman–Crippen LogP) is 2.67. The van der Waals surface area contributed by atoms with Crippen LogP contribution >= 0.6 is 0 Å². The molecular weight excluding hydrogens is 342 g/mol. The molecule has 0 radical (unpaired) electrons. The maximum absolute atomic E-state index is 10.3. The Morgan fingerprint density at radius 2 is 1.70 bits per heavy atom. The van der Waals surface area contributed by atoms with Crippen molar-refractivity contribution >= 4 is 5.96 Å². The van der Waals surface area contributed by atoms with Crippen molar-refractivity contribution in [3.05, 3.63) is 59.7 Å². The molecule has 0 aliphatic rings. The zero-order valence-electron chi connectivity index (χ0n) is 16.2. The number of hydrogen-bond acceptors (Lipinski definition) is 4. The van der Waals surface area contributed by atoms with Gasteiger partial charge in [0.25, 0.3) is 0 Å². The quantitative estimate of drug-likeness (QED) is 0.359. The Labute approximate surface area is 161 Å². The first kappa shape index (κ1) is 20.6. The van der Waals surface area contributed by atoms with E-state index in [1.165, 1.54) is 5.56 Å². The summed E-state index contributed by atoms with van der Waals surface area (Å²) < 4.78 is 10.8. The molecule has 2 rings (SSSR count). The van der Waals surface area contributed by atoms with Gasteiger partial charge in [0, 0.05) is 6.54 Å². The molecule has 27 heavy (non-hydrogen) atoms. The molecule has 1 unspecified atom stereocenters. The molecule has 3 N–H and O–H groups in total. The summed E-state index contributed by atoms with van der Waals surface area (Å²) in [6.07, 6.45) is -0.671. The molecule has 0 aromatic heterocycles. The lowest BCUT2D eigenvalue weighted by Gasteiger charge is -2.14. The highest BCUT2D eigenvalue weighted by Gasteiger charge is 2.08. The van der Waals surface area contributed by atoms with Crippen molar-refractivity contribution in [3.8, 4) is 11.5 Å². The topological polar surface area (TPSA) is 75.1 Å². The van der Waals surface area contributed by atoms with Crippen LogP contribution in [0.2, 0.25) is 0 Å². The molecule has 1 atom stereocenters. The number of aliphatic hydroxyl groups is 1. The molecular formula is C21H29N3O3. The minimum Gasteiger partial charge on any atom is -0.497 e. The zero-order chi connectivity index (χ0) is 19.5. The second-order valence-electron chi connectivity index (χ2n) is 6.10. The SMILES string of the molecule is CCNC(=NCC(O)c1ccc(OC)cc1)NCCOc1ccc(C)cc1. The van der Waals surface area contributed by atoms with Gasteiger partial charge in [-0.3, -0.25) is 4.99 Å². The first-order chi connectivity index (χ1) is 13.1. The van der Waals surface area contributed by atoms with Gasteiger partial charge in [0.2, 0.25) is 0 Å². The fraction of sp³-hybridized carbons (Fsp3) is 0.381. The predicted molar refractivity (Wildman–Crippen MR) is 109 cm³/mol. The molecule has 0 amide bonds. The summed E-state index contributed by atoms with van der Waals surface area (Å²) in [5.74, 6) is 2.26. The molecule has 2 aromatic carbocycles. The number of nitrogens with one attached hydrogen (secondary N) is 2. The Kier molecular flexibility index (Phi) is 8.45. The van der Waals surface area contributed by atoms with Gasteiger partial charge >= 0.3 is 0 Å². The lowest BCUT2D eigenvalue weighted by atomic mass is 10.1. The van der Waals surface area contributed by atoms with Gasteiger partial charge in [0.05, 0.1) is 26.3 Å². The Hall–Kier alpha value is -2.73. The van der Waals surface area contributed by atoms with Crippen LogP contribution in [0.3, 0.4) is 0 Å². The number of aliphatic imine (C=N–C) groups is 1. The van der Waals surface area contributed by atoms with Crippen LogP contribution in [0.5, 0.6) is 11.5 Å². The van der Waals surface area contributed by atoms with Gasteiger partial charge in [0.1, 0.15) is 18.1 Å². The Bertz CT molecular complexity index is 700. The molecule has 0 saturated heterocycles. The molecule has 6 heteroatoms. The minimum absolute atomic E-state index is 0.264. The van der Waals surface area contributed by atoms with Crippen molar-refractivity contribution in [3.63, 3.8) is 0 Å². The Balaban J connectivity index is 1.80. The van der Waals surface area contributed by atoms with E-state index in [1.807, 2.05) is 62.4 Å². The summed E-state index contributed by atoms with van der Waals surface area (Å²) in [6, 6.07) is 15.3. The number of guanidine groups is 1. The maximum atomic E-state index is 10.3.